The Morgan fingerprint density at radius 2 is 1.34 bits per heavy atom. The summed E-state index contributed by atoms with van der Waals surface area (Å²) in [5, 5.41) is 2.37. The van der Waals surface area contributed by atoms with Gasteiger partial charge in [0.05, 0.1) is 11.5 Å². The second-order valence-electron chi connectivity index (χ2n) is 10.4. The molecule has 0 aromatic heterocycles. The third-order valence-corrected chi connectivity index (χ3v) is 16.4. The van der Waals surface area contributed by atoms with Crippen LogP contribution in [0.5, 0.6) is 0 Å². The van der Waals surface area contributed by atoms with Crippen LogP contribution in [0.2, 0.25) is 11.1 Å². The van der Waals surface area contributed by atoms with Crippen LogP contribution in [0.3, 0.4) is 0 Å². The van der Waals surface area contributed by atoms with E-state index in [1.807, 2.05) is 12.1 Å². The lowest BCUT2D eigenvalue weighted by Crippen LogP contribution is -2.64. The summed E-state index contributed by atoms with van der Waals surface area (Å²) in [5.41, 5.74) is 0. The average molecular weight is 507 g/mol. The quantitative estimate of drug-likeness (QED) is 0.324. The van der Waals surface area contributed by atoms with Crippen LogP contribution in [0.1, 0.15) is 34.1 Å². The lowest BCUT2D eigenvalue weighted by molar-refractivity contribution is -0.143. The van der Waals surface area contributed by atoms with Gasteiger partial charge >= 0.3 is 5.97 Å². The first kappa shape index (κ1) is 25.4. The monoisotopic (exact) mass is 506 g/mol. The molecule has 0 N–H and O–H groups in total. The molecule has 4 nitrogen and oxygen atoms in total. The fourth-order valence-electron chi connectivity index (χ4n) is 5.69. The predicted molar refractivity (Wildman–Crippen MR) is 144 cm³/mol. The van der Waals surface area contributed by atoms with Gasteiger partial charge < -0.3 is 4.74 Å². The number of esters is 1. The second-order valence-corrected chi connectivity index (χ2v) is 17.5. The van der Waals surface area contributed by atoms with Gasteiger partial charge in [-0.1, -0.05) is 110 Å². The van der Waals surface area contributed by atoms with E-state index >= 15 is 0 Å². The van der Waals surface area contributed by atoms with Gasteiger partial charge in [-0.05, 0) is 42.5 Å². The number of benzene rings is 3. The number of hydrogen-bond acceptors (Lipinski definition) is 4. The summed E-state index contributed by atoms with van der Waals surface area (Å²) in [6.07, 6.45) is 0.285. The molecule has 0 heterocycles. The Morgan fingerprint density at radius 1 is 0.886 bits per heavy atom. The number of hydrogen-bond donors (Lipinski definition) is 0. The number of carbonyl (C=O) groups is 1. The minimum atomic E-state index is -3.93. The van der Waals surface area contributed by atoms with E-state index in [0.29, 0.717) is 6.04 Å². The third kappa shape index (κ3) is 4.17. The summed E-state index contributed by atoms with van der Waals surface area (Å²) >= 11 is 0. The number of ether oxygens (including phenoxy) is 1. The highest BCUT2D eigenvalue weighted by Gasteiger charge is 2.72. The maximum absolute atomic E-state index is 14.0. The van der Waals surface area contributed by atoms with Crippen molar-refractivity contribution in [2.75, 3.05) is 6.61 Å². The lowest BCUT2D eigenvalue weighted by atomic mass is 10.2. The Kier molecular flexibility index (Phi) is 6.82. The number of sulfone groups is 1. The van der Waals surface area contributed by atoms with E-state index < -0.39 is 28.6 Å². The molecule has 4 rings (SSSR count). The maximum atomic E-state index is 14.0. The SMILES string of the molecule is CCOC(=O)C1(S(=O)(=O)c2ccccc2)CC1C[Si](c1ccccc1)(c1ccccc1)C(C)(C)C. The highest BCUT2D eigenvalue weighted by Crippen LogP contribution is 2.59. The number of rotatable bonds is 8. The molecule has 184 valence electrons. The van der Waals surface area contributed by atoms with Gasteiger partial charge in [0.25, 0.3) is 0 Å². The molecule has 0 bridgehead atoms. The molecule has 0 radical (unpaired) electrons. The van der Waals surface area contributed by atoms with Crippen molar-refractivity contribution in [2.24, 2.45) is 5.92 Å². The van der Waals surface area contributed by atoms with Crippen molar-refractivity contribution in [1.82, 2.24) is 0 Å². The molecule has 2 unspecified atom stereocenters. The molecule has 1 fully saturated rings. The van der Waals surface area contributed by atoms with Crippen molar-refractivity contribution in [1.29, 1.82) is 0 Å². The minimum Gasteiger partial charge on any atom is -0.465 e. The highest BCUT2D eigenvalue weighted by atomic mass is 32.2. The second kappa shape index (κ2) is 9.39. The zero-order valence-electron chi connectivity index (χ0n) is 20.9. The van der Waals surface area contributed by atoms with Crippen molar-refractivity contribution >= 4 is 34.3 Å². The predicted octanol–water partition coefficient (Wildman–Crippen LogP) is 4.85. The van der Waals surface area contributed by atoms with Crippen LogP contribution in [0, 0.1) is 5.92 Å². The Morgan fingerprint density at radius 3 is 1.77 bits per heavy atom. The summed E-state index contributed by atoms with van der Waals surface area (Å²) in [5.74, 6) is -0.940. The first-order valence-corrected chi connectivity index (χ1v) is 15.9. The molecule has 0 amide bonds. The Labute approximate surface area is 210 Å². The molecule has 3 aromatic carbocycles. The van der Waals surface area contributed by atoms with Gasteiger partial charge in [0.15, 0.2) is 14.6 Å². The van der Waals surface area contributed by atoms with E-state index in [1.165, 1.54) is 10.4 Å². The zero-order valence-corrected chi connectivity index (χ0v) is 22.7. The van der Waals surface area contributed by atoms with E-state index in [-0.39, 0.29) is 28.9 Å². The molecule has 0 saturated heterocycles. The fourth-order valence-corrected chi connectivity index (χ4v) is 13.9. The van der Waals surface area contributed by atoms with Crippen molar-refractivity contribution in [2.45, 2.75) is 54.8 Å². The molecule has 6 heteroatoms. The van der Waals surface area contributed by atoms with E-state index in [9.17, 15) is 13.2 Å². The summed E-state index contributed by atoms with van der Waals surface area (Å²) in [4.78, 5) is 13.6. The zero-order chi connectivity index (χ0) is 25.3. The van der Waals surface area contributed by atoms with E-state index in [4.69, 9.17) is 4.74 Å². The van der Waals surface area contributed by atoms with E-state index in [1.54, 1.807) is 37.3 Å². The summed E-state index contributed by atoms with van der Waals surface area (Å²) < 4.78 is 31.8. The van der Waals surface area contributed by atoms with Crippen LogP contribution in [0.4, 0.5) is 0 Å². The van der Waals surface area contributed by atoms with Crippen molar-refractivity contribution < 1.29 is 17.9 Å². The van der Waals surface area contributed by atoms with Crippen LogP contribution in [-0.4, -0.2) is 33.8 Å². The molecule has 1 aliphatic rings. The largest absolute Gasteiger partial charge is 0.465 e. The molecule has 0 aliphatic heterocycles. The van der Waals surface area contributed by atoms with Gasteiger partial charge in [0.2, 0.25) is 0 Å². The Hall–Kier alpha value is -2.70. The van der Waals surface area contributed by atoms with Gasteiger partial charge in [-0.15, -0.1) is 0 Å². The van der Waals surface area contributed by atoms with Crippen molar-refractivity contribution in [3.8, 4) is 0 Å². The van der Waals surface area contributed by atoms with Crippen molar-refractivity contribution in [3.63, 3.8) is 0 Å². The minimum absolute atomic E-state index is 0.130. The number of carbonyl (C=O) groups excluding carboxylic acids is 1. The Bertz CT molecular complexity index is 1230. The molecular weight excluding hydrogens is 472 g/mol. The molecule has 2 atom stereocenters. The summed E-state index contributed by atoms with van der Waals surface area (Å²) in [6, 6.07) is 29.9. The van der Waals surface area contributed by atoms with Crippen LogP contribution in [0.25, 0.3) is 0 Å². The molecular formula is C29H34O4SSi. The Balaban J connectivity index is 1.88. The van der Waals surface area contributed by atoms with Gasteiger partial charge in [0, 0.05) is 0 Å². The molecule has 35 heavy (non-hydrogen) atoms. The highest BCUT2D eigenvalue weighted by molar-refractivity contribution is 7.94. The topological polar surface area (TPSA) is 60.4 Å². The van der Waals surface area contributed by atoms with Gasteiger partial charge in [0.1, 0.15) is 8.07 Å². The molecule has 1 saturated carbocycles. The van der Waals surface area contributed by atoms with E-state index in [2.05, 4.69) is 69.3 Å². The van der Waals surface area contributed by atoms with Crippen LogP contribution >= 0.6 is 0 Å². The van der Waals surface area contributed by atoms with Crippen molar-refractivity contribution in [3.05, 3.63) is 91.0 Å². The van der Waals surface area contributed by atoms with Crippen LogP contribution in [-0.2, 0) is 19.4 Å². The molecule has 3 aromatic rings. The first-order valence-electron chi connectivity index (χ1n) is 12.2. The van der Waals surface area contributed by atoms with Gasteiger partial charge in [-0.3, -0.25) is 4.79 Å². The standard InChI is InChI=1S/C29H34O4SSi/c1-5-33-27(30)29(34(31,32)24-15-9-6-10-16-24)21-23(29)22-35(28(2,3)4,25-17-11-7-12-18-25)26-19-13-8-14-20-26/h6-20,23H,5,21-22H2,1-4H3. The maximum Gasteiger partial charge on any atom is 0.328 e. The van der Waals surface area contributed by atoms with E-state index in [0.717, 1.165) is 0 Å². The third-order valence-electron chi connectivity index (χ3n) is 7.57. The fraction of sp³-hybridized carbons (Fsp3) is 0.345. The van der Waals surface area contributed by atoms with Crippen LogP contribution in [0.15, 0.2) is 95.9 Å². The van der Waals surface area contributed by atoms with Gasteiger partial charge in [-0.25, -0.2) is 8.42 Å². The molecule has 1 aliphatic carbocycles. The smallest absolute Gasteiger partial charge is 0.328 e. The van der Waals surface area contributed by atoms with Crippen LogP contribution < -0.4 is 10.4 Å². The lowest BCUT2D eigenvalue weighted by Gasteiger charge is -2.45. The summed E-state index contributed by atoms with van der Waals surface area (Å²) in [6.45, 7) is 8.62. The molecule has 0 spiro atoms. The van der Waals surface area contributed by atoms with Gasteiger partial charge in [-0.2, -0.15) is 0 Å². The average Bonchev–Trinajstić information content (AvgIpc) is 3.59. The first-order chi connectivity index (χ1) is 16.6. The normalized spacial score (nSPS) is 20.3. The summed E-state index contributed by atoms with van der Waals surface area (Å²) in [7, 11) is -6.49.